The fourth-order valence-corrected chi connectivity index (χ4v) is 3.59. The molecule has 0 saturated carbocycles. The number of amides is 1. The van der Waals surface area contributed by atoms with Crippen LogP contribution in [-0.2, 0) is 9.30 Å². The van der Waals surface area contributed by atoms with Gasteiger partial charge in [-0.3, -0.25) is 4.79 Å². The number of nitrogens with two attached hydrogens (primary N) is 1. The average Bonchev–Trinajstić information content (AvgIpc) is 2.56. The average molecular weight is 373 g/mol. The van der Waals surface area contributed by atoms with Crippen LogP contribution in [0.4, 0.5) is 5.69 Å². The van der Waals surface area contributed by atoms with Gasteiger partial charge in [-0.15, -0.1) is 0 Å². The Balaban J connectivity index is 2.15. The number of benzene rings is 1. The Bertz CT molecular complexity index is 692. The molecule has 9 nitrogen and oxygen atoms in total. The van der Waals surface area contributed by atoms with Crippen LogP contribution in [0.3, 0.4) is 0 Å². The molecule has 2 unspecified atom stereocenters. The SMILES string of the molecule is COc1cc(N)c(C)cc1C(=O)NC1CCN(P(=O)(O)O)CC1OC. The van der Waals surface area contributed by atoms with Crippen LogP contribution in [0.5, 0.6) is 5.75 Å². The predicted octanol–water partition coefficient (Wildman–Crippen LogP) is 0.498. The normalized spacial score (nSPS) is 21.8. The topological polar surface area (TPSA) is 134 Å². The van der Waals surface area contributed by atoms with E-state index < -0.39 is 13.9 Å². The number of carbonyl (C=O) groups is 1. The van der Waals surface area contributed by atoms with Gasteiger partial charge in [-0.05, 0) is 25.0 Å². The quantitative estimate of drug-likeness (QED) is 0.433. The molecule has 140 valence electrons. The molecular formula is C15H24N3O6P. The number of nitrogen functional groups attached to an aromatic ring is 1. The van der Waals surface area contributed by atoms with Gasteiger partial charge in [0.25, 0.3) is 5.91 Å². The second-order valence-electron chi connectivity index (χ2n) is 5.98. The molecule has 1 aromatic rings. The molecule has 1 aliphatic rings. The third kappa shape index (κ3) is 4.50. The second-order valence-corrected chi connectivity index (χ2v) is 7.57. The highest BCUT2D eigenvalue weighted by Gasteiger charge is 2.37. The molecule has 1 amide bonds. The van der Waals surface area contributed by atoms with Crippen LogP contribution in [0.25, 0.3) is 0 Å². The molecule has 25 heavy (non-hydrogen) atoms. The van der Waals surface area contributed by atoms with Gasteiger partial charge in [-0.25, -0.2) is 9.24 Å². The Morgan fingerprint density at radius 3 is 2.64 bits per heavy atom. The highest BCUT2D eigenvalue weighted by atomic mass is 31.2. The van der Waals surface area contributed by atoms with Gasteiger partial charge in [-0.1, -0.05) is 0 Å². The van der Waals surface area contributed by atoms with Crippen LogP contribution in [0, 0.1) is 6.92 Å². The van der Waals surface area contributed by atoms with E-state index in [4.69, 9.17) is 15.2 Å². The number of rotatable bonds is 5. The third-order valence-electron chi connectivity index (χ3n) is 4.36. The van der Waals surface area contributed by atoms with Crippen molar-refractivity contribution in [3.63, 3.8) is 0 Å². The van der Waals surface area contributed by atoms with Crippen molar-refractivity contribution in [2.24, 2.45) is 0 Å². The van der Waals surface area contributed by atoms with E-state index in [0.717, 1.165) is 10.2 Å². The summed E-state index contributed by atoms with van der Waals surface area (Å²) in [5.74, 6) is 0.0128. The standard InChI is InChI=1S/C15H24N3O6P/c1-9-6-10(13(23-2)7-11(9)16)15(19)17-12-4-5-18(25(20,21)22)8-14(12)24-3/h6-7,12,14H,4-5,8,16H2,1-3H3,(H,17,19)(H2,20,21,22). The Morgan fingerprint density at radius 1 is 1.40 bits per heavy atom. The number of nitrogens with zero attached hydrogens (tertiary/aromatic N) is 1. The highest BCUT2D eigenvalue weighted by molar-refractivity contribution is 7.49. The van der Waals surface area contributed by atoms with Crippen LogP contribution >= 0.6 is 7.75 Å². The summed E-state index contributed by atoms with van der Waals surface area (Å²) in [6.45, 7) is 1.98. The van der Waals surface area contributed by atoms with E-state index in [1.165, 1.54) is 14.2 Å². The van der Waals surface area contributed by atoms with Gasteiger partial charge in [0.2, 0.25) is 0 Å². The maximum Gasteiger partial charge on any atom is 0.403 e. The molecule has 1 heterocycles. The van der Waals surface area contributed by atoms with Crippen molar-refractivity contribution in [1.82, 2.24) is 9.99 Å². The number of carbonyl (C=O) groups excluding carboxylic acids is 1. The summed E-state index contributed by atoms with van der Waals surface area (Å²) >= 11 is 0. The molecule has 1 aliphatic heterocycles. The Hall–Kier alpha value is -1.64. The number of hydrogen-bond acceptors (Lipinski definition) is 5. The van der Waals surface area contributed by atoms with E-state index in [1.54, 1.807) is 19.1 Å². The zero-order chi connectivity index (χ0) is 18.8. The van der Waals surface area contributed by atoms with Crippen LogP contribution < -0.4 is 15.8 Å². The van der Waals surface area contributed by atoms with Crippen LogP contribution in [-0.4, -0.2) is 59.8 Å². The van der Waals surface area contributed by atoms with E-state index in [-0.39, 0.29) is 25.0 Å². The minimum absolute atomic E-state index is 0.0314. The first kappa shape index (κ1) is 19.7. The third-order valence-corrected chi connectivity index (χ3v) is 5.46. The summed E-state index contributed by atoms with van der Waals surface area (Å²) < 4.78 is 23.0. The van der Waals surface area contributed by atoms with Gasteiger partial charge in [0.05, 0.1) is 24.8 Å². The smallest absolute Gasteiger partial charge is 0.403 e. The van der Waals surface area contributed by atoms with Gasteiger partial charge >= 0.3 is 7.75 Å². The molecule has 2 rings (SSSR count). The van der Waals surface area contributed by atoms with Crippen molar-refractivity contribution in [1.29, 1.82) is 0 Å². The highest BCUT2D eigenvalue weighted by Crippen LogP contribution is 2.42. The van der Waals surface area contributed by atoms with Gasteiger partial charge in [-0.2, -0.15) is 0 Å². The zero-order valence-electron chi connectivity index (χ0n) is 14.4. The maximum absolute atomic E-state index is 12.6. The van der Waals surface area contributed by atoms with Crippen LogP contribution in [0.1, 0.15) is 22.3 Å². The van der Waals surface area contributed by atoms with E-state index in [2.05, 4.69) is 5.32 Å². The lowest BCUT2D eigenvalue weighted by Crippen LogP contribution is -2.53. The molecule has 1 fully saturated rings. The second kappa shape index (κ2) is 7.72. The summed E-state index contributed by atoms with van der Waals surface area (Å²) in [6.07, 6.45) is -0.183. The monoisotopic (exact) mass is 373 g/mol. The number of nitrogens with one attached hydrogen (secondary N) is 1. The molecule has 0 bridgehead atoms. The Morgan fingerprint density at radius 2 is 2.08 bits per heavy atom. The van der Waals surface area contributed by atoms with Crippen molar-refractivity contribution in [2.45, 2.75) is 25.5 Å². The molecule has 0 aromatic heterocycles. The van der Waals surface area contributed by atoms with Crippen molar-refractivity contribution >= 4 is 19.3 Å². The Labute approximate surface area is 146 Å². The van der Waals surface area contributed by atoms with Gasteiger partial charge in [0.15, 0.2) is 0 Å². The van der Waals surface area contributed by atoms with Gasteiger partial charge in [0.1, 0.15) is 5.75 Å². The lowest BCUT2D eigenvalue weighted by Gasteiger charge is -2.37. The summed E-state index contributed by atoms with van der Waals surface area (Å²) in [6, 6.07) is 2.87. The number of methoxy groups -OCH3 is 2. The van der Waals surface area contributed by atoms with Crippen molar-refractivity contribution in [3.05, 3.63) is 23.3 Å². The number of piperidine rings is 1. The van der Waals surface area contributed by atoms with E-state index >= 15 is 0 Å². The van der Waals surface area contributed by atoms with E-state index in [9.17, 15) is 19.1 Å². The molecule has 10 heteroatoms. The molecular weight excluding hydrogens is 349 g/mol. The van der Waals surface area contributed by atoms with E-state index in [1.807, 2.05) is 0 Å². The number of hydrogen-bond donors (Lipinski definition) is 4. The molecule has 0 spiro atoms. The number of aryl methyl sites for hydroxylation is 1. The van der Waals surface area contributed by atoms with E-state index in [0.29, 0.717) is 23.4 Å². The summed E-state index contributed by atoms with van der Waals surface area (Å²) in [5, 5.41) is 2.87. The minimum Gasteiger partial charge on any atom is -0.496 e. The molecule has 5 N–H and O–H groups in total. The first-order valence-electron chi connectivity index (χ1n) is 7.76. The molecule has 1 aromatic carbocycles. The van der Waals surface area contributed by atoms with Crippen molar-refractivity contribution in [2.75, 3.05) is 33.0 Å². The summed E-state index contributed by atoms with van der Waals surface area (Å²) in [5.41, 5.74) is 7.47. The zero-order valence-corrected chi connectivity index (χ0v) is 15.3. The summed E-state index contributed by atoms with van der Waals surface area (Å²) in [4.78, 5) is 31.2. The molecule has 0 aliphatic carbocycles. The summed E-state index contributed by atoms with van der Waals surface area (Å²) in [7, 11) is -1.43. The van der Waals surface area contributed by atoms with Crippen molar-refractivity contribution < 1.29 is 28.6 Å². The van der Waals surface area contributed by atoms with Crippen molar-refractivity contribution in [3.8, 4) is 5.75 Å². The predicted molar refractivity (Wildman–Crippen MR) is 92.4 cm³/mol. The number of anilines is 1. The lowest BCUT2D eigenvalue weighted by atomic mass is 10.0. The van der Waals surface area contributed by atoms with Crippen LogP contribution in [0.2, 0.25) is 0 Å². The first-order valence-corrected chi connectivity index (χ1v) is 9.32. The fourth-order valence-electron chi connectivity index (χ4n) is 2.84. The van der Waals surface area contributed by atoms with Gasteiger partial charge in [0, 0.05) is 32.0 Å². The molecule has 2 atom stereocenters. The fraction of sp³-hybridized carbons (Fsp3) is 0.533. The number of ether oxygens (including phenoxy) is 2. The van der Waals surface area contributed by atoms with Crippen LogP contribution in [0.15, 0.2) is 12.1 Å². The molecule has 1 saturated heterocycles. The van der Waals surface area contributed by atoms with Gasteiger partial charge < -0.3 is 30.3 Å². The minimum atomic E-state index is -4.33. The Kier molecular flexibility index (Phi) is 6.08. The maximum atomic E-state index is 12.6. The lowest BCUT2D eigenvalue weighted by molar-refractivity contribution is 0.0219. The first-order chi connectivity index (χ1) is 11.7. The molecule has 0 radical (unpaired) electrons. The largest absolute Gasteiger partial charge is 0.496 e.